The number of nitrogens with zero attached hydrogens (tertiary/aromatic N) is 2. The molecule has 6 nitrogen and oxygen atoms in total. The Labute approximate surface area is 208 Å². The fourth-order valence-electron chi connectivity index (χ4n) is 3.31. The molecule has 0 saturated heterocycles. The lowest BCUT2D eigenvalue weighted by Crippen LogP contribution is -2.36. The van der Waals surface area contributed by atoms with Gasteiger partial charge < -0.3 is 10.6 Å². The molecule has 0 unspecified atom stereocenters. The third-order valence-electron chi connectivity index (χ3n) is 5.01. The van der Waals surface area contributed by atoms with Crippen LogP contribution in [0.3, 0.4) is 0 Å². The molecule has 2 aromatic rings. The fourth-order valence-corrected chi connectivity index (χ4v) is 4.16. The number of benzene rings is 2. The van der Waals surface area contributed by atoms with Gasteiger partial charge in [0.15, 0.2) is 15.8 Å². The molecule has 0 radical (unpaired) electrons. The predicted molar refractivity (Wildman–Crippen MR) is 140 cm³/mol. The lowest BCUT2D eigenvalue weighted by atomic mass is 10.1. The maximum atomic E-state index is 13.7. The van der Waals surface area contributed by atoms with E-state index in [2.05, 4.69) is 58.6 Å². The first kappa shape index (κ1) is 28.3. The average molecular weight is 577 g/mol. The van der Waals surface area contributed by atoms with Crippen LogP contribution in [0, 0.1) is 5.82 Å². The number of sulfone groups is 1. The molecule has 0 fully saturated rings. The van der Waals surface area contributed by atoms with Crippen molar-refractivity contribution in [3.05, 3.63) is 70.5 Å². The molecule has 0 aliphatic carbocycles. The van der Waals surface area contributed by atoms with Gasteiger partial charge in [0, 0.05) is 32.9 Å². The monoisotopic (exact) mass is 576 g/mol. The first-order valence-electron chi connectivity index (χ1n) is 10.4. The van der Waals surface area contributed by atoms with Gasteiger partial charge in [-0.05, 0) is 47.5 Å². The number of guanidine groups is 1. The van der Waals surface area contributed by atoms with E-state index in [-0.39, 0.29) is 36.3 Å². The van der Waals surface area contributed by atoms with Crippen molar-refractivity contribution in [3.63, 3.8) is 0 Å². The third-order valence-corrected chi connectivity index (χ3v) is 5.84. The van der Waals surface area contributed by atoms with Crippen LogP contribution in [-0.4, -0.2) is 45.7 Å². The van der Waals surface area contributed by atoms with Gasteiger partial charge in [-0.1, -0.05) is 44.2 Å². The van der Waals surface area contributed by atoms with Crippen molar-refractivity contribution in [2.75, 3.05) is 26.4 Å². The van der Waals surface area contributed by atoms with Gasteiger partial charge in [0.2, 0.25) is 0 Å². The van der Waals surface area contributed by atoms with E-state index in [9.17, 15) is 12.8 Å². The van der Waals surface area contributed by atoms with E-state index < -0.39 is 15.7 Å². The maximum Gasteiger partial charge on any atom is 0.191 e. The number of aliphatic imine (C=N–C) groups is 1. The molecule has 0 atom stereocenters. The Morgan fingerprint density at radius 1 is 1.00 bits per heavy atom. The van der Waals surface area contributed by atoms with Gasteiger partial charge in [-0.3, -0.25) is 9.89 Å². The van der Waals surface area contributed by atoms with Crippen LogP contribution >= 0.6 is 24.0 Å². The molecule has 0 saturated carbocycles. The molecule has 2 N–H and O–H groups in total. The molecule has 0 amide bonds. The summed E-state index contributed by atoms with van der Waals surface area (Å²) < 4.78 is 37.1. The van der Waals surface area contributed by atoms with Crippen LogP contribution in [-0.2, 0) is 35.2 Å². The highest BCUT2D eigenvalue weighted by Gasteiger charge is 2.11. The molecule has 0 spiro atoms. The van der Waals surface area contributed by atoms with Gasteiger partial charge in [-0.15, -0.1) is 24.0 Å². The zero-order valence-electron chi connectivity index (χ0n) is 19.2. The van der Waals surface area contributed by atoms with Crippen molar-refractivity contribution >= 4 is 39.8 Å². The van der Waals surface area contributed by atoms with Crippen LogP contribution in [0.15, 0.2) is 47.5 Å². The van der Waals surface area contributed by atoms with E-state index in [0.717, 1.165) is 25.2 Å². The summed E-state index contributed by atoms with van der Waals surface area (Å²) in [5.41, 5.74) is 3.57. The molecule has 2 rings (SSSR count). The lowest BCUT2D eigenvalue weighted by Gasteiger charge is -2.18. The van der Waals surface area contributed by atoms with Gasteiger partial charge in [-0.25, -0.2) is 12.8 Å². The Kier molecular flexibility index (Phi) is 12.2. The Bertz CT molecular complexity index is 995. The van der Waals surface area contributed by atoms with Crippen molar-refractivity contribution in [1.29, 1.82) is 0 Å². The number of hydrogen-bond acceptors (Lipinski definition) is 4. The lowest BCUT2D eigenvalue weighted by molar-refractivity contribution is 0.296. The van der Waals surface area contributed by atoms with E-state index >= 15 is 0 Å². The molecule has 0 aliphatic heterocycles. The summed E-state index contributed by atoms with van der Waals surface area (Å²) in [5.74, 6) is 0.0288. The van der Waals surface area contributed by atoms with Crippen molar-refractivity contribution < 1.29 is 12.8 Å². The zero-order chi connectivity index (χ0) is 22.9. The standard InChI is InChI=1S/C23H33FN4O2S.HI/c1-5-28(6-2)16-19-9-7-8-18(12-19)14-26-23(25-3)27-15-21-13-22(24)11-10-20(21)17-31(4,29)30;/h7-13H,5-6,14-17H2,1-4H3,(H2,25,26,27);1H. The van der Waals surface area contributed by atoms with Crippen LogP contribution in [0.2, 0.25) is 0 Å². The number of halogens is 2. The number of hydrogen-bond donors (Lipinski definition) is 2. The first-order chi connectivity index (χ1) is 14.7. The Morgan fingerprint density at radius 2 is 1.66 bits per heavy atom. The third kappa shape index (κ3) is 9.83. The molecule has 0 bridgehead atoms. The summed E-state index contributed by atoms with van der Waals surface area (Å²) in [4.78, 5) is 6.58. The van der Waals surface area contributed by atoms with Crippen LogP contribution < -0.4 is 10.6 Å². The van der Waals surface area contributed by atoms with E-state index in [1.807, 2.05) is 0 Å². The summed E-state index contributed by atoms with van der Waals surface area (Å²) in [5, 5.41) is 6.40. The van der Waals surface area contributed by atoms with E-state index in [4.69, 9.17) is 0 Å². The highest BCUT2D eigenvalue weighted by molar-refractivity contribution is 14.0. The first-order valence-corrected chi connectivity index (χ1v) is 12.5. The minimum atomic E-state index is -3.22. The van der Waals surface area contributed by atoms with Crippen molar-refractivity contribution in [1.82, 2.24) is 15.5 Å². The van der Waals surface area contributed by atoms with E-state index in [0.29, 0.717) is 23.6 Å². The largest absolute Gasteiger partial charge is 0.352 e. The molecule has 178 valence electrons. The summed E-state index contributed by atoms with van der Waals surface area (Å²) in [6, 6.07) is 12.6. The molecule has 9 heteroatoms. The van der Waals surface area contributed by atoms with Crippen molar-refractivity contribution in [2.45, 2.75) is 39.2 Å². The Hall–Kier alpha value is -1.72. The topological polar surface area (TPSA) is 73.8 Å². The number of nitrogens with one attached hydrogen (secondary N) is 2. The van der Waals surface area contributed by atoms with Crippen LogP contribution in [0.4, 0.5) is 4.39 Å². The minimum absolute atomic E-state index is 0. The SMILES string of the molecule is CCN(CC)Cc1cccc(CNC(=NC)NCc2cc(F)ccc2CS(C)(=O)=O)c1.I. The molecule has 2 aromatic carbocycles. The fraction of sp³-hybridized carbons (Fsp3) is 0.435. The Morgan fingerprint density at radius 3 is 2.28 bits per heavy atom. The maximum absolute atomic E-state index is 13.7. The van der Waals surface area contributed by atoms with Gasteiger partial charge >= 0.3 is 0 Å². The van der Waals surface area contributed by atoms with Gasteiger partial charge in [0.25, 0.3) is 0 Å². The predicted octanol–water partition coefficient (Wildman–Crippen LogP) is 3.70. The van der Waals surface area contributed by atoms with Crippen LogP contribution in [0.5, 0.6) is 0 Å². The molecule has 0 heterocycles. The summed E-state index contributed by atoms with van der Waals surface area (Å²) in [6.45, 7) is 8.11. The number of rotatable bonds is 10. The zero-order valence-corrected chi connectivity index (χ0v) is 22.3. The second kappa shape index (κ2) is 13.7. The molecular formula is C23H34FIN4O2S. The van der Waals surface area contributed by atoms with Gasteiger partial charge in [-0.2, -0.15) is 0 Å². The molecule has 0 aliphatic rings. The van der Waals surface area contributed by atoms with Crippen LogP contribution in [0.25, 0.3) is 0 Å². The molecule has 0 aromatic heterocycles. The van der Waals surface area contributed by atoms with Crippen molar-refractivity contribution in [3.8, 4) is 0 Å². The van der Waals surface area contributed by atoms with Crippen LogP contribution in [0.1, 0.15) is 36.1 Å². The normalized spacial score (nSPS) is 11.9. The summed E-state index contributed by atoms with van der Waals surface area (Å²) in [7, 11) is -1.56. The summed E-state index contributed by atoms with van der Waals surface area (Å²) in [6.07, 6.45) is 1.17. The second-order valence-electron chi connectivity index (χ2n) is 7.54. The van der Waals surface area contributed by atoms with Crippen molar-refractivity contribution in [2.24, 2.45) is 4.99 Å². The smallest absolute Gasteiger partial charge is 0.191 e. The quantitative estimate of drug-likeness (QED) is 0.257. The molecular weight excluding hydrogens is 542 g/mol. The van der Waals surface area contributed by atoms with Gasteiger partial charge in [0.1, 0.15) is 5.82 Å². The Balaban J connectivity index is 0.00000512. The second-order valence-corrected chi connectivity index (χ2v) is 9.68. The highest BCUT2D eigenvalue weighted by atomic mass is 127. The van der Waals surface area contributed by atoms with E-state index in [1.54, 1.807) is 7.05 Å². The van der Waals surface area contributed by atoms with E-state index in [1.165, 1.54) is 30.0 Å². The minimum Gasteiger partial charge on any atom is -0.352 e. The average Bonchev–Trinajstić information content (AvgIpc) is 2.73. The summed E-state index contributed by atoms with van der Waals surface area (Å²) >= 11 is 0. The highest BCUT2D eigenvalue weighted by Crippen LogP contribution is 2.14. The van der Waals surface area contributed by atoms with Gasteiger partial charge in [0.05, 0.1) is 5.75 Å². The molecule has 32 heavy (non-hydrogen) atoms.